The molecule has 0 aliphatic carbocycles. The van der Waals surface area contributed by atoms with Gasteiger partial charge in [-0.1, -0.05) is 19.8 Å². The molecule has 0 aliphatic heterocycles. The van der Waals surface area contributed by atoms with E-state index in [1.165, 1.54) is 19.2 Å². The van der Waals surface area contributed by atoms with E-state index in [0.29, 0.717) is 6.42 Å². The molecule has 0 aromatic heterocycles. The number of nitrogens with one attached hydrogen (secondary N) is 1. The van der Waals surface area contributed by atoms with Crippen molar-refractivity contribution in [3.63, 3.8) is 0 Å². The number of hydrogen-bond acceptors (Lipinski definition) is 4. The summed E-state index contributed by atoms with van der Waals surface area (Å²) in [5, 5.41) is 11.4. The number of unbranched alkanes of at least 4 members (excludes halogenated alkanes) is 1. The van der Waals surface area contributed by atoms with Crippen LogP contribution in [0.15, 0.2) is 18.2 Å². The molecule has 6 nitrogen and oxygen atoms in total. The Hall–Kier alpha value is -2.38. The van der Waals surface area contributed by atoms with Crippen LogP contribution in [0.5, 0.6) is 11.5 Å². The lowest BCUT2D eigenvalue weighted by molar-refractivity contribution is -0.139. The number of alkyl halides is 2. The molecule has 0 saturated heterocycles. The predicted molar refractivity (Wildman–Crippen MR) is 78.0 cm³/mol. The van der Waals surface area contributed by atoms with Gasteiger partial charge in [0.15, 0.2) is 0 Å². The van der Waals surface area contributed by atoms with Gasteiger partial charge in [-0.15, -0.1) is 0 Å². The summed E-state index contributed by atoms with van der Waals surface area (Å²) < 4.78 is 34.1. The van der Waals surface area contributed by atoms with Crippen LogP contribution in [0.1, 0.15) is 36.5 Å². The van der Waals surface area contributed by atoms with Crippen LogP contribution in [-0.2, 0) is 4.79 Å². The van der Waals surface area contributed by atoms with Gasteiger partial charge in [0.05, 0.1) is 12.7 Å². The second-order valence-corrected chi connectivity index (χ2v) is 4.75. The Balaban J connectivity index is 2.98. The van der Waals surface area contributed by atoms with Crippen molar-refractivity contribution >= 4 is 11.9 Å². The monoisotopic (exact) mass is 331 g/mol. The van der Waals surface area contributed by atoms with Crippen molar-refractivity contribution < 1.29 is 33.0 Å². The van der Waals surface area contributed by atoms with E-state index in [1.54, 1.807) is 0 Å². The fourth-order valence-corrected chi connectivity index (χ4v) is 1.91. The van der Waals surface area contributed by atoms with Crippen LogP contribution in [0.4, 0.5) is 8.78 Å². The average Bonchev–Trinajstić information content (AvgIpc) is 2.50. The Morgan fingerprint density at radius 2 is 2.04 bits per heavy atom. The van der Waals surface area contributed by atoms with Gasteiger partial charge in [-0.05, 0) is 18.6 Å². The normalized spacial score (nSPS) is 11.9. The molecule has 1 rings (SSSR count). The molecule has 1 aromatic rings. The first-order valence-corrected chi connectivity index (χ1v) is 7.05. The van der Waals surface area contributed by atoms with Crippen LogP contribution < -0.4 is 14.8 Å². The third-order valence-corrected chi connectivity index (χ3v) is 3.10. The van der Waals surface area contributed by atoms with Crippen molar-refractivity contribution in [2.24, 2.45) is 0 Å². The number of carbonyl (C=O) groups is 2. The number of carbonyl (C=O) groups excluding carboxylic acids is 1. The van der Waals surface area contributed by atoms with Gasteiger partial charge in [-0.2, -0.15) is 8.78 Å². The van der Waals surface area contributed by atoms with E-state index < -0.39 is 24.5 Å². The van der Waals surface area contributed by atoms with Crippen LogP contribution in [0.2, 0.25) is 0 Å². The smallest absolute Gasteiger partial charge is 0.387 e. The van der Waals surface area contributed by atoms with Crippen LogP contribution in [0.3, 0.4) is 0 Å². The van der Waals surface area contributed by atoms with Gasteiger partial charge < -0.3 is 19.9 Å². The molecule has 1 atom stereocenters. The molecule has 0 aliphatic rings. The summed E-state index contributed by atoms with van der Waals surface area (Å²) in [4.78, 5) is 23.3. The third kappa shape index (κ3) is 5.72. The number of carboxylic acid groups (broad SMARTS) is 1. The van der Waals surface area contributed by atoms with E-state index in [2.05, 4.69) is 10.1 Å². The average molecular weight is 331 g/mol. The largest absolute Gasteiger partial charge is 0.497 e. The Bertz CT molecular complexity index is 551. The van der Waals surface area contributed by atoms with Crippen molar-refractivity contribution in [2.45, 2.75) is 38.8 Å². The number of ether oxygens (including phenoxy) is 2. The molecule has 128 valence electrons. The second-order valence-electron chi connectivity index (χ2n) is 4.75. The van der Waals surface area contributed by atoms with E-state index in [9.17, 15) is 18.4 Å². The molecule has 0 heterocycles. The number of hydrogen-bond donors (Lipinski definition) is 2. The first kappa shape index (κ1) is 18.7. The molecular weight excluding hydrogens is 312 g/mol. The highest BCUT2D eigenvalue weighted by Gasteiger charge is 2.23. The van der Waals surface area contributed by atoms with Gasteiger partial charge in [0.1, 0.15) is 17.5 Å². The first-order valence-electron chi connectivity index (χ1n) is 7.05. The molecule has 2 N–H and O–H groups in total. The maximum Gasteiger partial charge on any atom is 0.387 e. The summed E-state index contributed by atoms with van der Waals surface area (Å²) in [6, 6.07) is 2.69. The Kier molecular flexibility index (Phi) is 7.24. The van der Waals surface area contributed by atoms with Gasteiger partial charge in [0, 0.05) is 6.07 Å². The molecule has 1 amide bonds. The molecule has 8 heteroatoms. The predicted octanol–water partition coefficient (Wildman–Crippen LogP) is 2.67. The van der Waals surface area contributed by atoms with Gasteiger partial charge in [-0.3, -0.25) is 4.79 Å². The third-order valence-electron chi connectivity index (χ3n) is 3.10. The topological polar surface area (TPSA) is 84.9 Å². The van der Waals surface area contributed by atoms with Gasteiger partial charge in [0.2, 0.25) is 0 Å². The zero-order valence-electron chi connectivity index (χ0n) is 12.8. The Morgan fingerprint density at radius 3 is 2.57 bits per heavy atom. The van der Waals surface area contributed by atoms with Crippen molar-refractivity contribution in [2.75, 3.05) is 7.11 Å². The van der Waals surface area contributed by atoms with Gasteiger partial charge >= 0.3 is 12.6 Å². The molecule has 1 unspecified atom stereocenters. The Morgan fingerprint density at radius 1 is 1.35 bits per heavy atom. The highest BCUT2D eigenvalue weighted by atomic mass is 19.3. The van der Waals surface area contributed by atoms with Crippen LogP contribution in [-0.4, -0.2) is 36.7 Å². The highest BCUT2D eigenvalue weighted by Crippen LogP contribution is 2.26. The number of benzene rings is 1. The minimum absolute atomic E-state index is 0.186. The lowest BCUT2D eigenvalue weighted by Crippen LogP contribution is -2.40. The Labute approximate surface area is 132 Å². The van der Waals surface area contributed by atoms with E-state index in [4.69, 9.17) is 9.84 Å². The number of amides is 1. The lowest BCUT2D eigenvalue weighted by Gasteiger charge is -2.16. The van der Waals surface area contributed by atoms with Crippen LogP contribution in [0.25, 0.3) is 0 Å². The number of methoxy groups -OCH3 is 1. The minimum Gasteiger partial charge on any atom is -0.497 e. The molecule has 0 fully saturated rings. The number of carboxylic acids is 1. The van der Waals surface area contributed by atoms with Crippen LogP contribution >= 0.6 is 0 Å². The molecule has 0 spiro atoms. The van der Waals surface area contributed by atoms with E-state index in [0.717, 1.165) is 12.5 Å². The van der Waals surface area contributed by atoms with Gasteiger partial charge in [0.25, 0.3) is 5.91 Å². The molecule has 0 bridgehead atoms. The lowest BCUT2D eigenvalue weighted by atomic mass is 10.1. The summed E-state index contributed by atoms with van der Waals surface area (Å²) in [6.45, 7) is -1.23. The summed E-state index contributed by atoms with van der Waals surface area (Å²) in [5.41, 5.74) is -0.186. The van der Waals surface area contributed by atoms with E-state index in [-0.39, 0.29) is 23.5 Å². The maximum atomic E-state index is 12.5. The summed E-state index contributed by atoms with van der Waals surface area (Å²) in [7, 11) is 1.34. The van der Waals surface area contributed by atoms with E-state index in [1.807, 2.05) is 6.92 Å². The van der Waals surface area contributed by atoms with Crippen LogP contribution in [0, 0.1) is 0 Å². The fraction of sp³-hybridized carbons (Fsp3) is 0.467. The molecule has 0 saturated carbocycles. The standard InChI is InChI=1S/C15H19F2NO5/c1-3-4-5-11(14(20)21)18-13(19)10-7-6-9(22-2)8-12(10)23-15(16)17/h6-8,11,15H,3-5H2,1-2H3,(H,18,19)(H,20,21). The zero-order chi connectivity index (χ0) is 17.4. The van der Waals surface area contributed by atoms with Crippen molar-refractivity contribution in [1.29, 1.82) is 0 Å². The first-order chi connectivity index (χ1) is 10.9. The summed E-state index contributed by atoms with van der Waals surface area (Å²) in [5.74, 6) is -2.13. The molecule has 23 heavy (non-hydrogen) atoms. The molecular formula is C15H19F2NO5. The minimum atomic E-state index is -3.12. The van der Waals surface area contributed by atoms with Gasteiger partial charge in [-0.25, -0.2) is 4.79 Å². The number of aliphatic carboxylic acids is 1. The van der Waals surface area contributed by atoms with E-state index >= 15 is 0 Å². The van der Waals surface area contributed by atoms with Crippen molar-refractivity contribution in [3.8, 4) is 11.5 Å². The zero-order valence-corrected chi connectivity index (χ0v) is 12.8. The fourth-order valence-electron chi connectivity index (χ4n) is 1.91. The molecule has 1 aromatic carbocycles. The van der Waals surface area contributed by atoms with Crippen molar-refractivity contribution in [1.82, 2.24) is 5.32 Å². The maximum absolute atomic E-state index is 12.5. The molecule has 0 radical (unpaired) electrons. The quantitative estimate of drug-likeness (QED) is 0.727. The number of rotatable bonds is 9. The SMILES string of the molecule is CCCCC(NC(=O)c1ccc(OC)cc1OC(F)F)C(=O)O. The summed E-state index contributed by atoms with van der Waals surface area (Å²) >= 11 is 0. The van der Waals surface area contributed by atoms with Crippen molar-refractivity contribution in [3.05, 3.63) is 23.8 Å². The number of halogens is 2. The second kappa shape index (κ2) is 8.92. The summed E-state index contributed by atoms with van der Waals surface area (Å²) in [6.07, 6.45) is 1.63. The highest BCUT2D eigenvalue weighted by molar-refractivity contribution is 5.99.